The largest absolute Gasteiger partial charge is 0.394 e. The first kappa shape index (κ1) is 54.6. The summed E-state index contributed by atoms with van der Waals surface area (Å²) >= 11 is 0. The predicted octanol–water partition coefficient (Wildman–Crippen LogP) is -3.45. The number of aliphatic imine (C=N–C) groups is 1. The van der Waals surface area contributed by atoms with Crippen molar-refractivity contribution >= 4 is 70.0 Å². The number of hydrogen-bond donors (Lipinski definition) is 14. The van der Waals surface area contributed by atoms with Gasteiger partial charge >= 0.3 is 0 Å². The maximum absolute atomic E-state index is 14.5. The second kappa shape index (κ2) is 27.2. The van der Waals surface area contributed by atoms with Crippen LogP contribution in [0.3, 0.4) is 0 Å². The van der Waals surface area contributed by atoms with Crippen LogP contribution in [0.5, 0.6) is 0 Å². The van der Waals surface area contributed by atoms with Crippen molar-refractivity contribution in [3.63, 3.8) is 0 Å². The number of guanidine groups is 1. The fourth-order valence-corrected chi connectivity index (χ4v) is 7.91. The zero-order valence-corrected chi connectivity index (χ0v) is 39.7. The summed E-state index contributed by atoms with van der Waals surface area (Å²) < 4.78 is 0. The zero-order chi connectivity index (χ0) is 52.2. The molecule has 0 spiro atoms. The van der Waals surface area contributed by atoms with E-state index in [0.717, 1.165) is 10.9 Å². The maximum atomic E-state index is 14.5. The Morgan fingerprint density at radius 2 is 1.42 bits per heavy atom. The number of carbonyl (C=O) groups is 9. The highest BCUT2D eigenvalue weighted by Gasteiger charge is 2.35. The Morgan fingerprint density at radius 3 is 2.08 bits per heavy atom. The SMILES string of the molecule is CC(=O)N[C@@H](CCCN=C(N)N)C(=O)N[C@H]1CC(=O)NCCCC[C@@H](C(N)=O)NC(=O)[C@H](Cc2c[nH]c3ccccc23)NC(=O)C(CO)NC(=O)[C@@H](Cc2ccccc2)NC(=O)[C@H](Cc2cnc[nH]2)NC1=O. The van der Waals surface area contributed by atoms with E-state index in [1.54, 1.807) is 42.6 Å². The Morgan fingerprint density at radius 1 is 0.778 bits per heavy atom. The molecule has 9 amide bonds. The molecule has 1 aliphatic heterocycles. The number of benzene rings is 2. The van der Waals surface area contributed by atoms with E-state index in [0.29, 0.717) is 16.8 Å². The van der Waals surface area contributed by atoms with Crippen molar-refractivity contribution in [2.24, 2.45) is 22.2 Å². The molecule has 25 nitrogen and oxygen atoms in total. The molecule has 1 saturated heterocycles. The lowest BCUT2D eigenvalue weighted by Crippen LogP contribution is -2.61. The summed E-state index contributed by atoms with van der Waals surface area (Å²) in [4.78, 5) is 137. The number of imidazole rings is 1. The van der Waals surface area contributed by atoms with Crippen molar-refractivity contribution in [3.05, 3.63) is 90.1 Å². The first-order valence-electron chi connectivity index (χ1n) is 23.4. The van der Waals surface area contributed by atoms with Crippen molar-refractivity contribution in [1.29, 1.82) is 0 Å². The Hall–Kier alpha value is -8.35. The second-order valence-corrected chi connectivity index (χ2v) is 17.2. The van der Waals surface area contributed by atoms with Crippen LogP contribution in [0.4, 0.5) is 0 Å². The number of aliphatic hydroxyl groups is 1. The van der Waals surface area contributed by atoms with Crippen molar-refractivity contribution in [2.75, 3.05) is 19.7 Å². The fraction of sp³-hybridized carbons (Fsp3) is 0.426. The van der Waals surface area contributed by atoms with E-state index in [1.165, 1.54) is 19.4 Å². The number of hydrogen-bond acceptors (Lipinski definition) is 12. The molecule has 72 heavy (non-hydrogen) atoms. The lowest BCUT2D eigenvalue weighted by atomic mass is 10.0. The summed E-state index contributed by atoms with van der Waals surface area (Å²) in [5.74, 6) is -7.83. The van der Waals surface area contributed by atoms with Gasteiger partial charge in [0.15, 0.2) is 5.96 Å². The number of carbonyl (C=O) groups excluding carboxylic acids is 9. The Bertz CT molecular complexity index is 2550. The Balaban J connectivity index is 1.50. The van der Waals surface area contributed by atoms with Crippen LogP contribution in [0.15, 0.2) is 78.3 Å². The molecule has 5 rings (SSSR count). The molecule has 1 unspecified atom stereocenters. The molecule has 0 aliphatic carbocycles. The third-order valence-electron chi connectivity index (χ3n) is 11.6. The van der Waals surface area contributed by atoms with Crippen molar-refractivity contribution < 1.29 is 48.3 Å². The van der Waals surface area contributed by atoms with Gasteiger partial charge in [-0.25, -0.2) is 4.98 Å². The van der Waals surface area contributed by atoms with E-state index in [2.05, 4.69) is 62.5 Å². The number of H-pyrrole nitrogens is 2. The highest BCUT2D eigenvalue weighted by Crippen LogP contribution is 2.20. The van der Waals surface area contributed by atoms with Gasteiger partial charge in [0.2, 0.25) is 53.2 Å². The molecular weight excluding hydrogens is 935 g/mol. The number of rotatable bonds is 15. The fourth-order valence-electron chi connectivity index (χ4n) is 7.91. The van der Waals surface area contributed by atoms with Gasteiger partial charge in [-0.2, -0.15) is 0 Å². The van der Waals surface area contributed by atoms with Crippen LogP contribution in [-0.4, -0.2) is 141 Å². The number of para-hydroxylation sites is 1. The highest BCUT2D eigenvalue weighted by molar-refractivity contribution is 5.99. The summed E-state index contributed by atoms with van der Waals surface area (Å²) in [6, 6.07) is 5.63. The van der Waals surface area contributed by atoms with Gasteiger partial charge in [0, 0.05) is 68.3 Å². The molecule has 1 aliphatic rings. The zero-order valence-electron chi connectivity index (χ0n) is 39.7. The van der Waals surface area contributed by atoms with Gasteiger partial charge in [0.1, 0.15) is 42.3 Å². The van der Waals surface area contributed by atoms with Crippen molar-refractivity contribution in [3.8, 4) is 0 Å². The normalized spacial score (nSPS) is 21.6. The summed E-state index contributed by atoms with van der Waals surface area (Å²) in [6.45, 7) is 0.355. The van der Waals surface area contributed by atoms with Crippen LogP contribution in [0.1, 0.15) is 62.3 Å². The number of nitrogens with one attached hydrogen (secondary N) is 10. The minimum atomic E-state index is -1.68. The average molecular weight is 998 g/mol. The van der Waals surface area contributed by atoms with E-state index >= 15 is 0 Å². The number of nitrogens with zero attached hydrogens (tertiary/aromatic N) is 2. The summed E-state index contributed by atoms with van der Waals surface area (Å²) in [5.41, 5.74) is 18.9. The topological polar surface area (TPSA) is 405 Å². The minimum absolute atomic E-state index is 0.0103. The molecule has 0 radical (unpaired) electrons. The lowest BCUT2D eigenvalue weighted by Gasteiger charge is -2.27. The predicted molar refractivity (Wildman–Crippen MR) is 261 cm³/mol. The van der Waals surface area contributed by atoms with Gasteiger partial charge in [-0.3, -0.25) is 48.1 Å². The molecule has 1 fully saturated rings. The third-order valence-corrected chi connectivity index (χ3v) is 11.6. The molecule has 386 valence electrons. The number of primary amides is 1. The number of fused-ring (bicyclic) bond motifs is 1. The van der Waals surface area contributed by atoms with Crippen LogP contribution in [0.25, 0.3) is 10.9 Å². The third kappa shape index (κ3) is 17.0. The molecule has 2 aromatic heterocycles. The van der Waals surface area contributed by atoms with Gasteiger partial charge in [0.25, 0.3) is 0 Å². The van der Waals surface area contributed by atoms with E-state index in [-0.39, 0.29) is 70.4 Å². The average Bonchev–Trinajstić information content (AvgIpc) is 4.02. The summed E-state index contributed by atoms with van der Waals surface area (Å²) in [5, 5.41) is 32.0. The van der Waals surface area contributed by atoms with E-state index in [1.807, 2.05) is 18.2 Å². The maximum Gasteiger partial charge on any atom is 0.245 e. The van der Waals surface area contributed by atoms with Gasteiger partial charge in [-0.05, 0) is 49.3 Å². The number of amides is 9. The van der Waals surface area contributed by atoms with Gasteiger partial charge in [0.05, 0.1) is 19.4 Å². The minimum Gasteiger partial charge on any atom is -0.394 e. The molecule has 3 heterocycles. The molecule has 0 saturated carbocycles. The smallest absolute Gasteiger partial charge is 0.245 e. The highest BCUT2D eigenvalue weighted by atomic mass is 16.3. The van der Waals surface area contributed by atoms with Crippen LogP contribution in [0.2, 0.25) is 0 Å². The second-order valence-electron chi connectivity index (χ2n) is 17.2. The monoisotopic (exact) mass is 997 g/mol. The van der Waals surface area contributed by atoms with Gasteiger partial charge < -0.3 is 74.8 Å². The van der Waals surface area contributed by atoms with Gasteiger partial charge in [-0.15, -0.1) is 0 Å². The first-order valence-corrected chi connectivity index (χ1v) is 23.4. The molecular formula is C47H63N15O10. The quantitative estimate of drug-likeness (QED) is 0.0314. The van der Waals surface area contributed by atoms with Crippen LogP contribution >= 0.6 is 0 Å². The first-order chi connectivity index (χ1) is 34.5. The van der Waals surface area contributed by atoms with Gasteiger partial charge in [-0.1, -0.05) is 48.5 Å². The number of aliphatic hydroxyl groups excluding tert-OH is 1. The van der Waals surface area contributed by atoms with E-state index < -0.39 is 108 Å². The Labute approximate surface area is 413 Å². The van der Waals surface area contributed by atoms with Crippen molar-refractivity contribution in [2.45, 2.75) is 107 Å². The lowest BCUT2D eigenvalue weighted by molar-refractivity contribution is -0.136. The summed E-state index contributed by atoms with van der Waals surface area (Å²) in [6.07, 6.45) is 3.99. The molecule has 4 aromatic rings. The van der Waals surface area contributed by atoms with Crippen LogP contribution in [-0.2, 0) is 62.4 Å². The molecule has 0 bridgehead atoms. The number of nitrogens with two attached hydrogens (primary N) is 3. The standard InChI is InChI=1S/C47H63N15O10/c1-26(64)56-33(15-9-17-53-47(49)50)41(67)61-37-21-39(65)52-16-8-7-14-32(40(48)66)57-43(69)35(19-28-22-54-31-13-6-5-12-30(28)31)59-46(72)38(24-63)62-42(68)34(18-27-10-3-2-4-11-27)58-44(70)36(60-45(37)71)20-29-23-51-25-55-29/h2-6,10-13,22-23,25,32-38,54,63H,7-9,14-21,24H2,1H3,(H2,48,66)(H,51,55)(H,52,65)(H,56,64)(H,57,69)(H,58,70)(H,59,72)(H,60,71)(H,61,67)(H,62,68)(H4,49,50,53)/t32-,33-,34+,35-,36-,37-,38?/m0/s1. The Kier molecular flexibility index (Phi) is 20.6. The van der Waals surface area contributed by atoms with Crippen molar-refractivity contribution in [1.82, 2.24) is 57.5 Å². The molecule has 2 aromatic carbocycles. The molecule has 25 heteroatoms. The number of aromatic amines is 2. The molecule has 17 N–H and O–H groups in total. The molecule has 7 atom stereocenters. The van der Waals surface area contributed by atoms with E-state index in [9.17, 15) is 48.3 Å². The summed E-state index contributed by atoms with van der Waals surface area (Å²) in [7, 11) is 0. The van der Waals surface area contributed by atoms with E-state index in [4.69, 9.17) is 17.2 Å². The van der Waals surface area contributed by atoms with Crippen LogP contribution < -0.4 is 59.7 Å². The number of aromatic nitrogens is 3. The van der Waals surface area contributed by atoms with Crippen LogP contribution in [0, 0.1) is 0 Å².